The Morgan fingerprint density at radius 2 is 1.60 bits per heavy atom. The highest BCUT2D eigenvalue weighted by atomic mass is 16.5. The molecule has 0 unspecified atom stereocenters. The average molecular weight is 269 g/mol. The maximum absolute atomic E-state index is 5.96. The molecule has 1 N–H and O–H groups in total. The number of ether oxygens (including phenoxy) is 2. The normalized spacial score (nSPS) is 15.8. The topological polar surface area (TPSA) is 30.5 Å². The zero-order valence-corrected chi connectivity index (χ0v) is 11.4. The van der Waals surface area contributed by atoms with Crippen LogP contribution in [0.15, 0.2) is 54.6 Å². The van der Waals surface area contributed by atoms with E-state index in [4.69, 9.17) is 9.47 Å². The highest BCUT2D eigenvalue weighted by Gasteiger charge is 2.15. The highest BCUT2D eigenvalue weighted by molar-refractivity contribution is 5.58. The molecule has 0 radical (unpaired) electrons. The van der Waals surface area contributed by atoms with E-state index >= 15 is 0 Å². The Kier molecular flexibility index (Phi) is 4.19. The monoisotopic (exact) mass is 269 g/mol. The summed E-state index contributed by atoms with van der Waals surface area (Å²) in [6.07, 6.45) is 2.08. The number of benzene rings is 2. The van der Waals surface area contributed by atoms with Crippen molar-refractivity contribution >= 4 is 5.69 Å². The lowest BCUT2D eigenvalue weighted by Gasteiger charge is -2.25. The first-order chi connectivity index (χ1) is 9.92. The number of nitrogens with one attached hydrogen (secondary N) is 1. The SMILES string of the molecule is c1ccc(Oc2ccccc2NC2CCOCC2)cc1. The van der Waals surface area contributed by atoms with Crippen molar-refractivity contribution < 1.29 is 9.47 Å². The Balaban J connectivity index is 1.74. The van der Waals surface area contributed by atoms with E-state index in [2.05, 4.69) is 11.4 Å². The van der Waals surface area contributed by atoms with Crippen molar-refractivity contribution in [2.75, 3.05) is 18.5 Å². The zero-order chi connectivity index (χ0) is 13.6. The maximum atomic E-state index is 5.96. The summed E-state index contributed by atoms with van der Waals surface area (Å²) in [4.78, 5) is 0. The fourth-order valence-electron chi connectivity index (χ4n) is 2.35. The van der Waals surface area contributed by atoms with Gasteiger partial charge in [0, 0.05) is 19.3 Å². The highest BCUT2D eigenvalue weighted by Crippen LogP contribution is 2.30. The Morgan fingerprint density at radius 3 is 2.40 bits per heavy atom. The largest absolute Gasteiger partial charge is 0.455 e. The van der Waals surface area contributed by atoms with Gasteiger partial charge < -0.3 is 14.8 Å². The van der Waals surface area contributed by atoms with Gasteiger partial charge in [0.15, 0.2) is 5.75 Å². The molecule has 2 aromatic rings. The van der Waals surface area contributed by atoms with Crippen LogP contribution >= 0.6 is 0 Å². The van der Waals surface area contributed by atoms with E-state index in [0.29, 0.717) is 6.04 Å². The molecule has 2 aromatic carbocycles. The molecule has 0 bridgehead atoms. The van der Waals surface area contributed by atoms with E-state index in [9.17, 15) is 0 Å². The van der Waals surface area contributed by atoms with Gasteiger partial charge in [-0.1, -0.05) is 30.3 Å². The van der Waals surface area contributed by atoms with Gasteiger partial charge in [-0.15, -0.1) is 0 Å². The van der Waals surface area contributed by atoms with Crippen LogP contribution in [0.2, 0.25) is 0 Å². The van der Waals surface area contributed by atoms with Gasteiger partial charge in [0.1, 0.15) is 5.75 Å². The van der Waals surface area contributed by atoms with Gasteiger partial charge in [0.05, 0.1) is 5.69 Å². The summed E-state index contributed by atoms with van der Waals surface area (Å²) in [6, 6.07) is 18.4. The summed E-state index contributed by atoms with van der Waals surface area (Å²) in [5, 5.41) is 3.56. The van der Waals surface area contributed by atoms with Gasteiger partial charge in [-0.05, 0) is 37.1 Å². The smallest absolute Gasteiger partial charge is 0.150 e. The van der Waals surface area contributed by atoms with Crippen molar-refractivity contribution in [3.63, 3.8) is 0 Å². The van der Waals surface area contributed by atoms with Gasteiger partial charge in [-0.2, -0.15) is 0 Å². The second-order valence-corrected chi connectivity index (χ2v) is 4.94. The van der Waals surface area contributed by atoms with Gasteiger partial charge in [-0.3, -0.25) is 0 Å². The lowest BCUT2D eigenvalue weighted by molar-refractivity contribution is 0.0904. The minimum Gasteiger partial charge on any atom is -0.455 e. The molecule has 0 aliphatic carbocycles. The molecule has 3 heteroatoms. The predicted octanol–water partition coefficient (Wildman–Crippen LogP) is 4.07. The third kappa shape index (κ3) is 3.31. The van der Waals surface area contributed by atoms with Crippen LogP contribution < -0.4 is 10.1 Å². The van der Waals surface area contributed by atoms with Crippen LogP contribution in [0.3, 0.4) is 0 Å². The number of hydrogen-bond acceptors (Lipinski definition) is 3. The zero-order valence-electron chi connectivity index (χ0n) is 11.4. The van der Waals surface area contributed by atoms with Crippen molar-refractivity contribution in [1.82, 2.24) is 0 Å². The Morgan fingerprint density at radius 1 is 0.900 bits per heavy atom. The molecule has 0 atom stereocenters. The predicted molar refractivity (Wildman–Crippen MR) is 80.4 cm³/mol. The minimum absolute atomic E-state index is 0.462. The van der Waals surface area contributed by atoms with Crippen LogP contribution in [0.4, 0.5) is 5.69 Å². The van der Waals surface area contributed by atoms with E-state index < -0.39 is 0 Å². The van der Waals surface area contributed by atoms with Crippen LogP contribution in [-0.2, 0) is 4.74 Å². The van der Waals surface area contributed by atoms with Gasteiger partial charge in [-0.25, -0.2) is 0 Å². The molecule has 1 fully saturated rings. The van der Waals surface area contributed by atoms with Crippen LogP contribution in [0.1, 0.15) is 12.8 Å². The second-order valence-electron chi connectivity index (χ2n) is 4.94. The molecular formula is C17H19NO2. The molecule has 104 valence electrons. The van der Waals surface area contributed by atoms with Crippen LogP contribution in [0.25, 0.3) is 0 Å². The quantitative estimate of drug-likeness (QED) is 0.907. The summed E-state index contributed by atoms with van der Waals surface area (Å²) >= 11 is 0. The fourth-order valence-corrected chi connectivity index (χ4v) is 2.35. The Hall–Kier alpha value is -2.00. The first-order valence-electron chi connectivity index (χ1n) is 7.08. The van der Waals surface area contributed by atoms with E-state index in [0.717, 1.165) is 43.2 Å². The summed E-state index contributed by atoms with van der Waals surface area (Å²) in [5.74, 6) is 1.72. The van der Waals surface area contributed by atoms with Crippen LogP contribution in [0, 0.1) is 0 Å². The first-order valence-corrected chi connectivity index (χ1v) is 7.08. The van der Waals surface area contributed by atoms with E-state index in [1.807, 2.05) is 48.5 Å². The van der Waals surface area contributed by atoms with E-state index in [1.165, 1.54) is 0 Å². The minimum atomic E-state index is 0.462. The first kappa shape index (κ1) is 13.0. The maximum Gasteiger partial charge on any atom is 0.150 e. The summed E-state index contributed by atoms with van der Waals surface area (Å²) in [6.45, 7) is 1.67. The Bertz CT molecular complexity index is 536. The summed E-state index contributed by atoms with van der Waals surface area (Å²) in [5.41, 5.74) is 1.04. The molecule has 1 aliphatic heterocycles. The molecule has 1 aliphatic rings. The van der Waals surface area contributed by atoms with E-state index in [-0.39, 0.29) is 0 Å². The van der Waals surface area contributed by atoms with Gasteiger partial charge in [0.25, 0.3) is 0 Å². The third-order valence-corrected chi connectivity index (χ3v) is 3.44. The van der Waals surface area contributed by atoms with Crippen molar-refractivity contribution in [1.29, 1.82) is 0 Å². The van der Waals surface area contributed by atoms with Crippen LogP contribution in [0.5, 0.6) is 11.5 Å². The second kappa shape index (κ2) is 6.44. The average Bonchev–Trinajstić information content (AvgIpc) is 2.51. The van der Waals surface area contributed by atoms with Crippen molar-refractivity contribution in [3.8, 4) is 11.5 Å². The molecule has 1 heterocycles. The molecule has 0 spiro atoms. The lowest BCUT2D eigenvalue weighted by Crippen LogP contribution is -2.27. The van der Waals surface area contributed by atoms with Crippen molar-refractivity contribution in [3.05, 3.63) is 54.6 Å². The molecular weight excluding hydrogens is 250 g/mol. The van der Waals surface area contributed by atoms with Crippen LogP contribution in [-0.4, -0.2) is 19.3 Å². The van der Waals surface area contributed by atoms with Crippen molar-refractivity contribution in [2.45, 2.75) is 18.9 Å². The standard InChI is InChI=1S/C17H19NO2/c1-2-6-15(7-3-1)20-17-9-5-4-8-16(17)18-14-10-12-19-13-11-14/h1-9,14,18H,10-13H2. The number of rotatable bonds is 4. The van der Waals surface area contributed by atoms with Gasteiger partial charge >= 0.3 is 0 Å². The van der Waals surface area contributed by atoms with Crippen molar-refractivity contribution in [2.24, 2.45) is 0 Å². The lowest BCUT2D eigenvalue weighted by atomic mass is 10.1. The van der Waals surface area contributed by atoms with Gasteiger partial charge in [0.2, 0.25) is 0 Å². The molecule has 1 saturated heterocycles. The summed E-state index contributed by atoms with van der Waals surface area (Å²) in [7, 11) is 0. The number of anilines is 1. The molecule has 0 saturated carbocycles. The molecule has 0 aromatic heterocycles. The summed E-state index contributed by atoms with van der Waals surface area (Å²) < 4.78 is 11.3. The molecule has 3 rings (SSSR count). The number of hydrogen-bond donors (Lipinski definition) is 1. The third-order valence-electron chi connectivity index (χ3n) is 3.44. The molecule has 3 nitrogen and oxygen atoms in total. The number of para-hydroxylation sites is 3. The molecule has 20 heavy (non-hydrogen) atoms. The fraction of sp³-hybridized carbons (Fsp3) is 0.294. The Labute approximate surface area is 119 Å². The van der Waals surface area contributed by atoms with E-state index in [1.54, 1.807) is 0 Å². The molecule has 0 amide bonds.